The Morgan fingerprint density at radius 2 is 2.04 bits per heavy atom. The van der Waals surface area contributed by atoms with Gasteiger partial charge in [0.05, 0.1) is 6.54 Å². The van der Waals surface area contributed by atoms with Crippen LogP contribution in [0.1, 0.15) is 32.9 Å². The van der Waals surface area contributed by atoms with E-state index in [9.17, 15) is 9.59 Å². The Kier molecular flexibility index (Phi) is 7.68. The summed E-state index contributed by atoms with van der Waals surface area (Å²) in [5, 5.41) is 3.10. The van der Waals surface area contributed by atoms with Crippen LogP contribution in [0.4, 0.5) is 4.79 Å². The molecule has 23 heavy (non-hydrogen) atoms. The van der Waals surface area contributed by atoms with Crippen molar-refractivity contribution in [2.75, 3.05) is 26.7 Å². The smallest absolute Gasteiger partial charge is 0.410 e. The van der Waals surface area contributed by atoms with E-state index < -0.39 is 11.7 Å². The van der Waals surface area contributed by atoms with Crippen molar-refractivity contribution in [2.45, 2.75) is 39.2 Å². The number of hydrogen-bond acceptors (Lipinski definition) is 5. The summed E-state index contributed by atoms with van der Waals surface area (Å²) in [5.74, 6) is 0.0708. The third-order valence-electron chi connectivity index (χ3n) is 3.04. The summed E-state index contributed by atoms with van der Waals surface area (Å²) < 4.78 is 5.23. The van der Waals surface area contributed by atoms with E-state index in [-0.39, 0.29) is 5.78 Å². The molecule has 0 saturated heterocycles. The van der Waals surface area contributed by atoms with E-state index in [0.717, 1.165) is 12.1 Å². The lowest BCUT2D eigenvalue weighted by Crippen LogP contribution is -2.36. The van der Waals surface area contributed by atoms with Gasteiger partial charge in [-0.3, -0.25) is 9.78 Å². The average molecular weight is 321 g/mol. The van der Waals surface area contributed by atoms with Crippen LogP contribution in [-0.4, -0.2) is 54.0 Å². The molecule has 1 rings (SSSR count). The number of amides is 1. The first-order chi connectivity index (χ1) is 10.8. The van der Waals surface area contributed by atoms with Crippen LogP contribution < -0.4 is 5.32 Å². The zero-order valence-electron chi connectivity index (χ0n) is 14.5. The van der Waals surface area contributed by atoms with Gasteiger partial charge in [-0.25, -0.2) is 4.79 Å². The zero-order chi connectivity index (χ0) is 17.3. The molecule has 6 nitrogen and oxygen atoms in total. The highest BCUT2D eigenvalue weighted by molar-refractivity contribution is 5.81. The molecule has 1 N–H and O–H groups in total. The minimum absolute atomic E-state index is 0.0708. The quantitative estimate of drug-likeness (QED) is 0.742. The van der Waals surface area contributed by atoms with Gasteiger partial charge in [-0.15, -0.1) is 0 Å². The number of nitrogens with zero attached hydrogens (tertiary/aromatic N) is 2. The standard InChI is InChI=1S/C17H27N3O3/c1-17(2,3)23-16(22)20(4)12-9-15(21)13-18-11-8-14-7-5-6-10-19-14/h5-7,10,18H,8-9,11-13H2,1-4H3. The maximum Gasteiger partial charge on any atom is 0.410 e. The molecule has 0 aliphatic heterocycles. The van der Waals surface area contributed by atoms with E-state index in [0.29, 0.717) is 26.1 Å². The largest absolute Gasteiger partial charge is 0.444 e. The Bertz CT molecular complexity index is 498. The third-order valence-corrected chi connectivity index (χ3v) is 3.04. The molecule has 6 heteroatoms. The van der Waals surface area contributed by atoms with Gasteiger partial charge in [0.1, 0.15) is 11.4 Å². The van der Waals surface area contributed by atoms with E-state index in [1.807, 2.05) is 39.0 Å². The van der Waals surface area contributed by atoms with Gasteiger partial charge in [0.15, 0.2) is 0 Å². The first kappa shape index (κ1) is 19.1. The first-order valence-corrected chi connectivity index (χ1v) is 7.84. The molecule has 0 aliphatic carbocycles. The van der Waals surface area contributed by atoms with E-state index in [1.165, 1.54) is 4.90 Å². The average Bonchev–Trinajstić information content (AvgIpc) is 2.48. The molecular weight excluding hydrogens is 294 g/mol. The highest BCUT2D eigenvalue weighted by atomic mass is 16.6. The van der Waals surface area contributed by atoms with Crippen molar-refractivity contribution in [2.24, 2.45) is 0 Å². The van der Waals surface area contributed by atoms with Gasteiger partial charge >= 0.3 is 6.09 Å². The van der Waals surface area contributed by atoms with Gasteiger partial charge in [0.2, 0.25) is 0 Å². The summed E-state index contributed by atoms with van der Waals surface area (Å²) in [7, 11) is 1.63. The maximum absolute atomic E-state index is 11.8. The van der Waals surface area contributed by atoms with Crippen molar-refractivity contribution in [1.29, 1.82) is 0 Å². The molecule has 128 valence electrons. The number of aromatic nitrogens is 1. The van der Waals surface area contributed by atoms with Gasteiger partial charge in [-0.2, -0.15) is 0 Å². The molecule has 0 spiro atoms. The van der Waals surface area contributed by atoms with Crippen molar-refractivity contribution in [3.63, 3.8) is 0 Å². The highest BCUT2D eigenvalue weighted by Crippen LogP contribution is 2.09. The molecule has 1 aromatic heterocycles. The van der Waals surface area contributed by atoms with Gasteiger partial charge in [-0.1, -0.05) is 6.07 Å². The number of pyridine rings is 1. The Morgan fingerprint density at radius 1 is 1.30 bits per heavy atom. The lowest BCUT2D eigenvalue weighted by Gasteiger charge is -2.24. The van der Waals surface area contributed by atoms with Crippen LogP contribution in [0.3, 0.4) is 0 Å². The zero-order valence-corrected chi connectivity index (χ0v) is 14.5. The molecule has 0 atom stereocenters. The highest BCUT2D eigenvalue weighted by Gasteiger charge is 2.19. The fraction of sp³-hybridized carbons (Fsp3) is 0.588. The second kappa shape index (κ2) is 9.25. The van der Waals surface area contributed by atoms with Crippen molar-refractivity contribution in [3.8, 4) is 0 Å². The summed E-state index contributed by atoms with van der Waals surface area (Å²) in [4.78, 5) is 29.2. The summed E-state index contributed by atoms with van der Waals surface area (Å²) >= 11 is 0. The molecule has 1 aromatic rings. The van der Waals surface area contributed by atoms with Crippen LogP contribution in [0.5, 0.6) is 0 Å². The molecule has 0 saturated carbocycles. The van der Waals surface area contributed by atoms with Crippen LogP contribution in [0.25, 0.3) is 0 Å². The van der Waals surface area contributed by atoms with Crippen LogP contribution >= 0.6 is 0 Å². The number of Topliss-reactive ketones (excluding diaryl/α,β-unsaturated/α-hetero) is 1. The molecule has 1 amide bonds. The van der Waals surface area contributed by atoms with Gasteiger partial charge in [-0.05, 0) is 32.9 Å². The van der Waals surface area contributed by atoms with Crippen molar-refractivity contribution >= 4 is 11.9 Å². The molecule has 0 unspecified atom stereocenters. The lowest BCUT2D eigenvalue weighted by molar-refractivity contribution is -0.118. The van der Waals surface area contributed by atoms with E-state index >= 15 is 0 Å². The number of nitrogens with one attached hydrogen (secondary N) is 1. The Labute approximate surface area is 138 Å². The predicted molar refractivity (Wildman–Crippen MR) is 89.3 cm³/mol. The number of carbonyl (C=O) groups excluding carboxylic acids is 2. The molecule has 0 bridgehead atoms. The molecule has 0 radical (unpaired) electrons. The van der Waals surface area contributed by atoms with E-state index in [1.54, 1.807) is 13.2 Å². The van der Waals surface area contributed by atoms with Gasteiger partial charge < -0.3 is 15.0 Å². The number of ketones is 1. The van der Waals surface area contributed by atoms with Crippen LogP contribution in [0.2, 0.25) is 0 Å². The minimum Gasteiger partial charge on any atom is -0.444 e. The monoisotopic (exact) mass is 321 g/mol. The number of ether oxygens (including phenoxy) is 1. The summed E-state index contributed by atoms with van der Waals surface area (Å²) in [5.41, 5.74) is 0.472. The molecule has 0 aromatic carbocycles. The molecule has 0 fully saturated rings. The predicted octanol–water partition coefficient (Wildman–Crippen LogP) is 2.04. The minimum atomic E-state index is -0.525. The van der Waals surface area contributed by atoms with Crippen LogP contribution in [-0.2, 0) is 16.0 Å². The Morgan fingerprint density at radius 3 is 2.65 bits per heavy atom. The van der Waals surface area contributed by atoms with Gasteiger partial charge in [0, 0.05) is 44.9 Å². The normalized spacial score (nSPS) is 11.1. The summed E-state index contributed by atoms with van der Waals surface area (Å²) in [6.07, 6.45) is 2.44. The van der Waals surface area contributed by atoms with Crippen LogP contribution in [0, 0.1) is 0 Å². The summed E-state index contributed by atoms with van der Waals surface area (Å²) in [6.45, 7) is 6.80. The Hall–Kier alpha value is -1.95. The van der Waals surface area contributed by atoms with E-state index in [4.69, 9.17) is 4.74 Å². The summed E-state index contributed by atoms with van der Waals surface area (Å²) in [6, 6.07) is 5.78. The Balaban J connectivity index is 2.15. The number of rotatable bonds is 8. The van der Waals surface area contributed by atoms with Crippen molar-refractivity contribution in [1.82, 2.24) is 15.2 Å². The number of carbonyl (C=O) groups is 2. The maximum atomic E-state index is 11.8. The van der Waals surface area contributed by atoms with Crippen LogP contribution in [0.15, 0.2) is 24.4 Å². The number of hydrogen-bond donors (Lipinski definition) is 1. The van der Waals surface area contributed by atoms with E-state index in [2.05, 4.69) is 10.3 Å². The third kappa shape index (κ3) is 8.93. The fourth-order valence-electron chi connectivity index (χ4n) is 1.80. The molecular formula is C17H27N3O3. The second-order valence-corrected chi connectivity index (χ2v) is 6.44. The topological polar surface area (TPSA) is 71.5 Å². The van der Waals surface area contributed by atoms with Crippen molar-refractivity contribution < 1.29 is 14.3 Å². The molecule has 1 heterocycles. The van der Waals surface area contributed by atoms with Gasteiger partial charge in [0.25, 0.3) is 0 Å². The lowest BCUT2D eigenvalue weighted by atomic mass is 10.2. The second-order valence-electron chi connectivity index (χ2n) is 6.44. The first-order valence-electron chi connectivity index (χ1n) is 7.84. The molecule has 0 aliphatic rings. The van der Waals surface area contributed by atoms with Crippen molar-refractivity contribution in [3.05, 3.63) is 30.1 Å². The SMILES string of the molecule is CN(CCC(=O)CNCCc1ccccn1)C(=O)OC(C)(C)C. The fourth-order valence-corrected chi connectivity index (χ4v) is 1.80.